The summed E-state index contributed by atoms with van der Waals surface area (Å²) in [5.41, 5.74) is 7.97. The van der Waals surface area contributed by atoms with Crippen molar-refractivity contribution in [3.8, 4) is 0 Å². The first-order valence-electron chi connectivity index (χ1n) is 10.7. The zero-order valence-electron chi connectivity index (χ0n) is 18.5. The number of benzene rings is 4. The topological polar surface area (TPSA) is 0 Å². The third-order valence-electron chi connectivity index (χ3n) is 6.12. The molecule has 0 amide bonds. The normalized spacial score (nSPS) is 16.8. The summed E-state index contributed by atoms with van der Waals surface area (Å²) in [6.07, 6.45) is 11.1. The van der Waals surface area contributed by atoms with Crippen molar-refractivity contribution in [2.75, 3.05) is 0 Å². The molecule has 4 aromatic rings. The second-order valence-electron chi connectivity index (χ2n) is 8.11. The molecule has 0 radical (unpaired) electrons. The average Bonchev–Trinajstić information content (AvgIpc) is 3.46. The van der Waals surface area contributed by atoms with E-state index in [1.54, 1.807) is 0 Å². The second-order valence-corrected chi connectivity index (χ2v) is 10.1. The predicted molar refractivity (Wildman–Crippen MR) is 137 cm³/mol. The molecule has 4 aliphatic rings. The van der Waals surface area contributed by atoms with Gasteiger partial charge in [-0.3, -0.25) is 12.2 Å². The maximum Gasteiger partial charge on any atom is 4.00 e. The summed E-state index contributed by atoms with van der Waals surface area (Å²) in [6, 6.07) is 32.3. The van der Waals surface area contributed by atoms with Crippen LogP contribution in [0.5, 0.6) is 0 Å². The fourth-order valence-electron chi connectivity index (χ4n) is 4.59. The van der Waals surface area contributed by atoms with Gasteiger partial charge < -0.3 is 48.0 Å². The number of hydrogen-bond donors (Lipinski definition) is 0. The van der Waals surface area contributed by atoms with Crippen LogP contribution in [0.3, 0.4) is 0 Å². The SMILES string of the molecule is Brc1cccc2c1C(c1ccccc1)[C-]=C2.[C-]1=Cc2cc3ccc2C1c1cccc(c1)S3.[I-].[I-].[Zr+4]. The van der Waals surface area contributed by atoms with E-state index in [4.69, 9.17) is 0 Å². The van der Waals surface area contributed by atoms with E-state index in [2.05, 4.69) is 125 Å². The zero-order chi connectivity index (χ0) is 21.5. The van der Waals surface area contributed by atoms with E-state index >= 15 is 0 Å². The fraction of sp³-hybridized carbons (Fsp3) is 0.0667. The van der Waals surface area contributed by atoms with E-state index in [1.807, 2.05) is 17.8 Å². The molecule has 0 saturated carbocycles. The van der Waals surface area contributed by atoms with Gasteiger partial charge in [0.15, 0.2) is 0 Å². The quantitative estimate of drug-likeness (QED) is 0.210. The maximum atomic E-state index is 3.62. The first-order valence-corrected chi connectivity index (χ1v) is 12.3. The molecule has 8 rings (SSSR count). The summed E-state index contributed by atoms with van der Waals surface area (Å²) in [7, 11) is 0. The van der Waals surface area contributed by atoms with Crippen LogP contribution in [0.1, 0.15) is 45.2 Å². The van der Waals surface area contributed by atoms with Crippen LogP contribution >= 0.6 is 27.7 Å². The molecule has 170 valence electrons. The molecule has 0 saturated heterocycles. The van der Waals surface area contributed by atoms with Crippen LogP contribution in [0, 0.1) is 12.2 Å². The molecule has 2 heterocycles. The largest absolute Gasteiger partial charge is 4.00 e. The smallest absolute Gasteiger partial charge is 1.00 e. The van der Waals surface area contributed by atoms with Crippen molar-refractivity contribution in [2.45, 2.75) is 21.6 Å². The molecule has 0 spiro atoms. The van der Waals surface area contributed by atoms with Crippen molar-refractivity contribution in [3.05, 3.63) is 141 Å². The molecule has 35 heavy (non-hydrogen) atoms. The van der Waals surface area contributed by atoms with Gasteiger partial charge in [-0.05, 0) is 17.0 Å². The minimum Gasteiger partial charge on any atom is -1.00 e. The van der Waals surface area contributed by atoms with Crippen LogP contribution in [0.25, 0.3) is 12.2 Å². The monoisotopic (exact) mass is 834 g/mol. The van der Waals surface area contributed by atoms with Gasteiger partial charge >= 0.3 is 26.2 Å². The Labute approximate surface area is 273 Å². The summed E-state index contributed by atoms with van der Waals surface area (Å²) >= 11 is 5.46. The standard InChI is InChI=1S/C15H10Br.C15H9S.2HI.Zr/c16-14-8-4-7-12-9-10-13(15(12)14)11-5-2-1-3-6-11;1-2-10-8-12(3-1)16-13-5-7-15-11(9-13)4-6-14(10)15;;;/h1-9,13H;1-5,7-9,14H;2*1H;/q2*-1;;;+4/p-2. The van der Waals surface area contributed by atoms with Gasteiger partial charge in [0.25, 0.3) is 0 Å². The van der Waals surface area contributed by atoms with Gasteiger partial charge in [0.1, 0.15) is 0 Å². The van der Waals surface area contributed by atoms with Gasteiger partial charge in [-0.1, -0.05) is 117 Å². The Balaban J connectivity index is 0.000000180. The molecular weight excluding hydrogens is 817 g/mol. The Hall–Kier alpha value is -0.467. The van der Waals surface area contributed by atoms with Gasteiger partial charge in [-0.25, -0.2) is 12.2 Å². The van der Waals surface area contributed by atoms with Crippen LogP contribution in [0.2, 0.25) is 0 Å². The van der Waals surface area contributed by atoms with E-state index in [-0.39, 0.29) is 80.1 Å². The van der Waals surface area contributed by atoms with Gasteiger partial charge in [0.05, 0.1) is 0 Å². The Morgan fingerprint density at radius 2 is 1.31 bits per heavy atom. The number of hydrogen-bond acceptors (Lipinski definition) is 1. The maximum absolute atomic E-state index is 3.62. The van der Waals surface area contributed by atoms with Crippen molar-refractivity contribution in [1.29, 1.82) is 0 Å². The summed E-state index contributed by atoms with van der Waals surface area (Å²) in [5.74, 6) is 0.606. The van der Waals surface area contributed by atoms with E-state index in [1.165, 1.54) is 47.6 Å². The number of halogens is 3. The molecule has 6 bridgehead atoms. The van der Waals surface area contributed by atoms with Gasteiger partial charge in [-0.15, -0.1) is 23.3 Å². The third-order valence-corrected chi connectivity index (χ3v) is 7.79. The Morgan fingerprint density at radius 1 is 0.629 bits per heavy atom. The molecule has 2 atom stereocenters. The van der Waals surface area contributed by atoms with Crippen molar-refractivity contribution >= 4 is 39.8 Å². The van der Waals surface area contributed by atoms with Crippen molar-refractivity contribution in [3.63, 3.8) is 0 Å². The first kappa shape index (κ1) is 29.1. The van der Waals surface area contributed by atoms with Gasteiger partial charge in [0.2, 0.25) is 0 Å². The molecule has 0 aromatic heterocycles. The van der Waals surface area contributed by atoms with Crippen LogP contribution in [-0.2, 0) is 26.2 Å². The van der Waals surface area contributed by atoms with E-state index in [0.29, 0.717) is 5.92 Å². The van der Waals surface area contributed by atoms with Crippen LogP contribution in [-0.4, -0.2) is 0 Å². The fourth-order valence-corrected chi connectivity index (χ4v) is 6.13. The molecule has 2 unspecified atom stereocenters. The number of fused-ring (bicyclic) bond motifs is 2. The molecule has 2 aliphatic carbocycles. The van der Waals surface area contributed by atoms with Gasteiger partial charge in [-0.2, -0.15) is 11.1 Å². The Kier molecular flexibility index (Phi) is 10.7. The molecule has 0 fully saturated rings. The van der Waals surface area contributed by atoms with E-state index in [0.717, 1.165) is 0 Å². The first-order chi connectivity index (χ1) is 15.8. The number of allylic oxidation sites excluding steroid dienone is 2. The zero-order valence-corrected chi connectivity index (χ0v) is 27.7. The molecular formula is C30H19BrI2SZr. The third kappa shape index (κ3) is 6.00. The van der Waals surface area contributed by atoms with Crippen molar-refractivity contribution < 1.29 is 74.2 Å². The van der Waals surface area contributed by atoms with Crippen LogP contribution in [0.15, 0.2) is 105 Å². The Morgan fingerprint density at radius 3 is 2.14 bits per heavy atom. The summed E-state index contributed by atoms with van der Waals surface area (Å²) < 4.78 is 1.17. The summed E-state index contributed by atoms with van der Waals surface area (Å²) in [5, 5.41) is 0. The summed E-state index contributed by atoms with van der Waals surface area (Å²) in [6.45, 7) is 0. The van der Waals surface area contributed by atoms with Crippen LogP contribution < -0.4 is 48.0 Å². The molecule has 0 N–H and O–H groups in total. The second kappa shape index (κ2) is 12.9. The molecule has 4 aromatic carbocycles. The minimum atomic E-state index is 0. The summed E-state index contributed by atoms with van der Waals surface area (Å²) in [4.78, 5) is 2.64. The van der Waals surface area contributed by atoms with Crippen LogP contribution in [0.4, 0.5) is 0 Å². The minimum absolute atomic E-state index is 0. The number of rotatable bonds is 1. The van der Waals surface area contributed by atoms with Crippen molar-refractivity contribution in [2.24, 2.45) is 0 Å². The molecule has 0 nitrogen and oxygen atoms in total. The molecule has 2 aliphatic heterocycles. The average molecular weight is 836 g/mol. The molecule has 5 heteroatoms. The predicted octanol–water partition coefficient (Wildman–Crippen LogP) is 2.53. The van der Waals surface area contributed by atoms with Crippen molar-refractivity contribution in [1.82, 2.24) is 0 Å². The van der Waals surface area contributed by atoms with E-state index < -0.39 is 0 Å². The van der Waals surface area contributed by atoms with Gasteiger partial charge in [0, 0.05) is 9.37 Å². The Bertz CT molecular complexity index is 1380. The van der Waals surface area contributed by atoms with E-state index in [9.17, 15) is 0 Å².